The lowest BCUT2D eigenvalue weighted by Gasteiger charge is -2.43. The molecule has 6 heteroatoms. The van der Waals surface area contributed by atoms with Crippen LogP contribution in [-0.2, 0) is 10.3 Å². The van der Waals surface area contributed by atoms with Gasteiger partial charge in [-0.3, -0.25) is 4.79 Å². The molecule has 1 N–H and O–H groups in total. The third kappa shape index (κ3) is 4.39. The van der Waals surface area contributed by atoms with E-state index in [9.17, 15) is 14.0 Å². The minimum atomic E-state index is -0.587. The molecule has 0 radical (unpaired) electrons. The fourth-order valence-electron chi connectivity index (χ4n) is 4.71. The van der Waals surface area contributed by atoms with E-state index in [1.54, 1.807) is 6.07 Å². The second kappa shape index (κ2) is 8.94. The average molecular weight is 486 g/mol. The van der Waals surface area contributed by atoms with Crippen LogP contribution in [0.3, 0.4) is 0 Å². The van der Waals surface area contributed by atoms with Gasteiger partial charge in [0.15, 0.2) is 11.4 Å². The summed E-state index contributed by atoms with van der Waals surface area (Å²) < 4.78 is 26.1. The number of carbonyl (C=O) groups excluding carboxylic acids is 1. The monoisotopic (exact) mass is 485 g/mol. The van der Waals surface area contributed by atoms with Crippen molar-refractivity contribution in [3.8, 4) is 22.5 Å². The lowest BCUT2D eigenvalue weighted by atomic mass is 9.71. The zero-order valence-electron chi connectivity index (χ0n) is 20.6. The van der Waals surface area contributed by atoms with E-state index >= 15 is 0 Å². The molecular formula is C30H28FNO4. The van der Waals surface area contributed by atoms with E-state index in [0.717, 1.165) is 24.8 Å². The van der Waals surface area contributed by atoms with E-state index in [1.165, 1.54) is 12.1 Å². The molecule has 0 unspecified atom stereocenters. The van der Waals surface area contributed by atoms with Gasteiger partial charge < -0.3 is 14.5 Å². The molecule has 5 nitrogen and oxygen atoms in total. The number of para-hydroxylation sites is 1. The van der Waals surface area contributed by atoms with Gasteiger partial charge in [-0.1, -0.05) is 60.7 Å². The highest BCUT2D eigenvalue weighted by Gasteiger charge is 2.41. The molecular weight excluding hydrogens is 457 g/mol. The second-order valence-corrected chi connectivity index (χ2v) is 10.3. The molecule has 0 saturated heterocycles. The number of carbonyl (C=O) groups is 1. The Morgan fingerprint density at radius 1 is 0.944 bits per heavy atom. The number of rotatable bonds is 4. The van der Waals surface area contributed by atoms with Crippen molar-refractivity contribution < 1.29 is 18.3 Å². The zero-order valence-corrected chi connectivity index (χ0v) is 20.6. The quantitative estimate of drug-likeness (QED) is 0.333. The normalized spacial score (nSPS) is 14.8. The lowest BCUT2D eigenvalue weighted by Crippen LogP contribution is -2.52. The fraction of sp³-hybridized carbons (Fsp3) is 0.267. The van der Waals surface area contributed by atoms with Crippen molar-refractivity contribution in [2.75, 3.05) is 0 Å². The van der Waals surface area contributed by atoms with E-state index in [2.05, 4.69) is 5.32 Å². The first-order chi connectivity index (χ1) is 17.2. The third-order valence-corrected chi connectivity index (χ3v) is 6.58. The summed E-state index contributed by atoms with van der Waals surface area (Å²) in [5.74, 6) is -0.264. The Kier molecular flexibility index (Phi) is 5.91. The van der Waals surface area contributed by atoms with Gasteiger partial charge in [-0.05, 0) is 63.3 Å². The second-order valence-electron chi connectivity index (χ2n) is 10.3. The van der Waals surface area contributed by atoms with Gasteiger partial charge in [0.25, 0.3) is 0 Å². The summed E-state index contributed by atoms with van der Waals surface area (Å²) in [4.78, 5) is 26.1. The van der Waals surface area contributed by atoms with Crippen molar-refractivity contribution in [1.29, 1.82) is 0 Å². The number of alkyl carbamates (subject to hydrolysis) is 1. The summed E-state index contributed by atoms with van der Waals surface area (Å²) in [7, 11) is 0. The van der Waals surface area contributed by atoms with Crippen LogP contribution in [0, 0.1) is 5.82 Å². The molecule has 0 aliphatic heterocycles. The maximum atomic E-state index is 14.6. The van der Waals surface area contributed by atoms with Crippen molar-refractivity contribution in [3.63, 3.8) is 0 Å². The summed E-state index contributed by atoms with van der Waals surface area (Å²) in [6.07, 6.45) is 2.15. The minimum absolute atomic E-state index is 0.0586. The Hall–Kier alpha value is -3.93. The Labute approximate surface area is 208 Å². The first-order valence-corrected chi connectivity index (χ1v) is 12.1. The molecule has 1 amide bonds. The van der Waals surface area contributed by atoms with E-state index in [1.807, 2.05) is 75.4 Å². The number of hydrogen-bond donors (Lipinski definition) is 1. The molecule has 5 rings (SSSR count). The lowest BCUT2D eigenvalue weighted by molar-refractivity contribution is 0.0377. The van der Waals surface area contributed by atoms with Crippen molar-refractivity contribution in [2.24, 2.45) is 0 Å². The van der Waals surface area contributed by atoms with Crippen molar-refractivity contribution in [2.45, 2.75) is 51.2 Å². The van der Waals surface area contributed by atoms with Gasteiger partial charge in [0, 0.05) is 5.56 Å². The highest BCUT2D eigenvalue weighted by Crippen LogP contribution is 2.42. The van der Waals surface area contributed by atoms with Crippen LogP contribution >= 0.6 is 0 Å². The van der Waals surface area contributed by atoms with Crippen LogP contribution in [0.2, 0.25) is 0 Å². The van der Waals surface area contributed by atoms with E-state index in [0.29, 0.717) is 22.5 Å². The molecule has 36 heavy (non-hydrogen) atoms. The smallest absolute Gasteiger partial charge is 0.408 e. The molecule has 1 heterocycles. The summed E-state index contributed by atoms with van der Waals surface area (Å²) in [6, 6.07) is 21.1. The number of halogens is 1. The summed E-state index contributed by atoms with van der Waals surface area (Å²) in [6.45, 7) is 5.50. The Bertz CT molecular complexity index is 1480. The number of nitrogens with one attached hydrogen (secondary N) is 1. The molecule has 0 bridgehead atoms. The standard InChI is InChI=1S/C30H28FNO4/c1-29(2,3)36-28(34)32-30(17-8-18-30)21-15-13-19(14-16-21)24-25(33)22-11-7-12-23(31)27(22)35-26(24)20-9-5-4-6-10-20/h4-7,9-16H,8,17-18H2,1-3H3,(H,32,34). The molecule has 1 aliphatic rings. The van der Waals surface area contributed by atoms with Gasteiger partial charge in [0.1, 0.15) is 11.4 Å². The molecule has 4 aromatic rings. The summed E-state index contributed by atoms with van der Waals surface area (Å²) in [5.41, 5.74) is 1.21. The highest BCUT2D eigenvalue weighted by atomic mass is 19.1. The topological polar surface area (TPSA) is 68.5 Å². The van der Waals surface area contributed by atoms with Gasteiger partial charge in [-0.15, -0.1) is 0 Å². The molecule has 1 saturated carbocycles. The predicted octanol–water partition coefficient (Wildman–Crippen LogP) is 7.17. The summed E-state index contributed by atoms with van der Waals surface area (Å²) >= 11 is 0. The maximum absolute atomic E-state index is 14.6. The highest BCUT2D eigenvalue weighted by molar-refractivity contribution is 5.89. The number of hydrogen-bond acceptors (Lipinski definition) is 4. The van der Waals surface area contributed by atoms with Crippen LogP contribution in [0.15, 0.2) is 82.0 Å². The molecule has 1 aliphatic carbocycles. The van der Waals surface area contributed by atoms with Crippen molar-refractivity contribution in [1.82, 2.24) is 5.32 Å². The average Bonchev–Trinajstić information content (AvgIpc) is 2.82. The van der Waals surface area contributed by atoms with Crippen molar-refractivity contribution in [3.05, 3.63) is 94.4 Å². The molecule has 1 aromatic heterocycles. The van der Waals surface area contributed by atoms with Gasteiger partial charge in [-0.25, -0.2) is 9.18 Å². The van der Waals surface area contributed by atoms with Crippen LogP contribution < -0.4 is 10.7 Å². The minimum Gasteiger partial charge on any atom is -0.452 e. The van der Waals surface area contributed by atoms with Crippen LogP contribution in [0.4, 0.5) is 9.18 Å². The van der Waals surface area contributed by atoms with Crippen molar-refractivity contribution >= 4 is 17.1 Å². The van der Waals surface area contributed by atoms with Gasteiger partial charge in [0.2, 0.25) is 5.43 Å². The molecule has 3 aromatic carbocycles. The van der Waals surface area contributed by atoms with Crippen LogP contribution in [0.25, 0.3) is 33.4 Å². The Balaban J connectivity index is 1.58. The van der Waals surface area contributed by atoms with Gasteiger partial charge in [-0.2, -0.15) is 0 Å². The predicted molar refractivity (Wildman–Crippen MR) is 138 cm³/mol. The first kappa shape index (κ1) is 23.8. The van der Waals surface area contributed by atoms with Crippen LogP contribution in [0.5, 0.6) is 0 Å². The molecule has 184 valence electrons. The Morgan fingerprint density at radius 2 is 1.64 bits per heavy atom. The maximum Gasteiger partial charge on any atom is 0.408 e. The number of benzene rings is 3. The SMILES string of the molecule is CC(C)(C)OC(=O)NC1(c2ccc(-c3c(-c4ccccc4)oc4c(F)cccc4c3=O)cc2)CCC1. The van der Waals surface area contributed by atoms with Crippen LogP contribution in [-0.4, -0.2) is 11.7 Å². The van der Waals surface area contributed by atoms with E-state index in [4.69, 9.17) is 9.15 Å². The zero-order chi connectivity index (χ0) is 25.5. The molecule has 1 fully saturated rings. The molecule has 0 spiro atoms. The molecule has 0 atom stereocenters. The number of ether oxygens (including phenoxy) is 1. The third-order valence-electron chi connectivity index (χ3n) is 6.58. The first-order valence-electron chi connectivity index (χ1n) is 12.1. The Morgan fingerprint density at radius 3 is 2.25 bits per heavy atom. The largest absolute Gasteiger partial charge is 0.452 e. The van der Waals surface area contributed by atoms with E-state index < -0.39 is 23.1 Å². The van der Waals surface area contributed by atoms with E-state index in [-0.39, 0.29) is 16.4 Å². The van der Waals surface area contributed by atoms with Crippen LogP contribution in [0.1, 0.15) is 45.6 Å². The van der Waals surface area contributed by atoms with Gasteiger partial charge in [0.05, 0.1) is 16.5 Å². The number of fused-ring (bicyclic) bond motifs is 1. The fourth-order valence-corrected chi connectivity index (χ4v) is 4.71. The summed E-state index contributed by atoms with van der Waals surface area (Å²) in [5, 5.41) is 3.25. The van der Waals surface area contributed by atoms with Gasteiger partial charge >= 0.3 is 6.09 Å². The number of amides is 1.